The summed E-state index contributed by atoms with van der Waals surface area (Å²) in [7, 11) is 3.61. The van der Waals surface area contributed by atoms with Gasteiger partial charge in [0.15, 0.2) is 0 Å². The third kappa shape index (κ3) is 3.09. The zero-order valence-corrected chi connectivity index (χ0v) is 10.6. The molecule has 1 aliphatic rings. The van der Waals surface area contributed by atoms with Crippen molar-refractivity contribution < 1.29 is 13.9 Å². The number of likely N-dealkylation sites (N-methyl/N-ethyl adjacent to an activating group) is 1. The molecule has 1 N–H and O–H groups in total. The molecule has 17 heavy (non-hydrogen) atoms. The molecule has 1 saturated heterocycles. The molecule has 4 heteroatoms. The molecule has 0 amide bonds. The lowest BCUT2D eigenvalue weighted by Gasteiger charge is -2.28. The average Bonchev–Trinajstić information content (AvgIpc) is 2.81. The lowest BCUT2D eigenvalue weighted by atomic mass is 10.0. The van der Waals surface area contributed by atoms with E-state index in [1.807, 2.05) is 19.2 Å². The van der Waals surface area contributed by atoms with Crippen molar-refractivity contribution in [2.45, 2.75) is 38.0 Å². The smallest absolute Gasteiger partial charge is 0.129 e. The molecule has 0 spiro atoms. The first-order valence-corrected chi connectivity index (χ1v) is 6.21. The van der Waals surface area contributed by atoms with Crippen molar-refractivity contribution >= 4 is 0 Å². The predicted molar refractivity (Wildman–Crippen MR) is 64.8 cm³/mol. The van der Waals surface area contributed by atoms with Gasteiger partial charge in [-0.2, -0.15) is 0 Å². The molecule has 0 bridgehead atoms. The Labute approximate surface area is 102 Å². The van der Waals surface area contributed by atoms with Gasteiger partial charge in [-0.1, -0.05) is 0 Å². The summed E-state index contributed by atoms with van der Waals surface area (Å²) in [4.78, 5) is 0. The van der Waals surface area contributed by atoms with E-state index in [1.165, 1.54) is 12.8 Å². The van der Waals surface area contributed by atoms with Gasteiger partial charge in [0, 0.05) is 13.7 Å². The maximum atomic E-state index is 5.80. The van der Waals surface area contributed by atoms with Gasteiger partial charge in [0.2, 0.25) is 0 Å². The van der Waals surface area contributed by atoms with E-state index in [4.69, 9.17) is 13.9 Å². The van der Waals surface area contributed by atoms with Crippen LogP contribution in [0.25, 0.3) is 0 Å². The molecular formula is C13H21NO3. The molecule has 4 nitrogen and oxygen atoms in total. The molecule has 0 aliphatic carbocycles. The van der Waals surface area contributed by atoms with E-state index < -0.39 is 0 Å². The van der Waals surface area contributed by atoms with Crippen LogP contribution in [0.15, 0.2) is 16.5 Å². The summed E-state index contributed by atoms with van der Waals surface area (Å²) in [6.07, 6.45) is 3.70. The van der Waals surface area contributed by atoms with Crippen LogP contribution in [0.2, 0.25) is 0 Å². The van der Waals surface area contributed by atoms with Crippen LogP contribution in [0.1, 0.15) is 36.8 Å². The molecule has 2 rings (SSSR count). The van der Waals surface area contributed by atoms with E-state index in [0.717, 1.165) is 24.5 Å². The topological polar surface area (TPSA) is 43.6 Å². The summed E-state index contributed by atoms with van der Waals surface area (Å²) in [5.74, 6) is 1.80. The second-order valence-electron chi connectivity index (χ2n) is 4.41. The number of hydrogen-bond acceptors (Lipinski definition) is 4. The second-order valence-corrected chi connectivity index (χ2v) is 4.41. The Morgan fingerprint density at radius 3 is 3.00 bits per heavy atom. The van der Waals surface area contributed by atoms with E-state index in [0.29, 0.717) is 6.61 Å². The van der Waals surface area contributed by atoms with Gasteiger partial charge >= 0.3 is 0 Å². The van der Waals surface area contributed by atoms with Gasteiger partial charge in [-0.15, -0.1) is 0 Å². The van der Waals surface area contributed by atoms with Crippen LogP contribution in [0.4, 0.5) is 0 Å². The monoisotopic (exact) mass is 239 g/mol. The molecular weight excluding hydrogens is 218 g/mol. The van der Waals surface area contributed by atoms with Crippen molar-refractivity contribution in [2.24, 2.45) is 0 Å². The van der Waals surface area contributed by atoms with Crippen LogP contribution in [0.5, 0.6) is 0 Å². The lowest BCUT2D eigenvalue weighted by molar-refractivity contribution is -0.0114. The first kappa shape index (κ1) is 12.6. The quantitative estimate of drug-likeness (QED) is 0.856. The summed E-state index contributed by atoms with van der Waals surface area (Å²) >= 11 is 0. The summed E-state index contributed by atoms with van der Waals surface area (Å²) in [6, 6.07) is 4.11. The average molecular weight is 239 g/mol. The van der Waals surface area contributed by atoms with Crippen molar-refractivity contribution in [3.8, 4) is 0 Å². The van der Waals surface area contributed by atoms with Crippen molar-refractivity contribution in [3.63, 3.8) is 0 Å². The number of methoxy groups -OCH3 is 1. The molecule has 0 saturated carbocycles. The normalized spacial score (nSPS) is 22.6. The van der Waals surface area contributed by atoms with Crippen molar-refractivity contribution in [2.75, 3.05) is 20.8 Å². The van der Waals surface area contributed by atoms with Crippen LogP contribution >= 0.6 is 0 Å². The molecule has 1 aliphatic heterocycles. The summed E-state index contributed by atoms with van der Waals surface area (Å²) in [5, 5.41) is 3.28. The Balaban J connectivity index is 2.04. The summed E-state index contributed by atoms with van der Waals surface area (Å²) in [5.41, 5.74) is 0. The molecule has 2 heterocycles. The highest BCUT2D eigenvalue weighted by Gasteiger charge is 2.27. The standard InChI is InChI=1S/C13H21NO3/c1-14-13(11-5-3-4-8-16-11)12-7-6-10(17-12)9-15-2/h6-7,11,13-14H,3-5,8-9H2,1-2H3. The van der Waals surface area contributed by atoms with Gasteiger partial charge in [-0.25, -0.2) is 0 Å². The maximum absolute atomic E-state index is 5.80. The Morgan fingerprint density at radius 2 is 2.35 bits per heavy atom. The molecule has 1 aromatic rings. The number of hydrogen-bond donors (Lipinski definition) is 1. The number of ether oxygens (including phenoxy) is 2. The molecule has 0 radical (unpaired) electrons. The van der Waals surface area contributed by atoms with E-state index >= 15 is 0 Å². The minimum absolute atomic E-state index is 0.140. The predicted octanol–water partition coefficient (Wildman–Crippen LogP) is 2.26. The highest BCUT2D eigenvalue weighted by atomic mass is 16.5. The highest BCUT2D eigenvalue weighted by Crippen LogP contribution is 2.27. The molecule has 0 aromatic carbocycles. The fourth-order valence-electron chi connectivity index (χ4n) is 2.32. The Hall–Kier alpha value is -0.840. The van der Waals surface area contributed by atoms with Crippen LogP contribution in [0.3, 0.4) is 0 Å². The second kappa shape index (κ2) is 6.19. The van der Waals surface area contributed by atoms with E-state index in [2.05, 4.69) is 5.32 Å². The molecule has 2 atom stereocenters. The van der Waals surface area contributed by atoms with E-state index in [1.54, 1.807) is 7.11 Å². The largest absolute Gasteiger partial charge is 0.462 e. The van der Waals surface area contributed by atoms with Gasteiger partial charge in [-0.05, 0) is 38.4 Å². The van der Waals surface area contributed by atoms with Gasteiger partial charge in [0.1, 0.15) is 18.1 Å². The van der Waals surface area contributed by atoms with Gasteiger partial charge < -0.3 is 19.2 Å². The van der Waals surface area contributed by atoms with Crippen molar-refractivity contribution in [1.29, 1.82) is 0 Å². The third-order valence-electron chi connectivity index (χ3n) is 3.17. The van der Waals surface area contributed by atoms with Crippen LogP contribution in [0, 0.1) is 0 Å². The zero-order chi connectivity index (χ0) is 12.1. The Bertz CT molecular complexity index is 331. The first-order valence-electron chi connectivity index (χ1n) is 6.21. The SMILES string of the molecule is CNC(c1ccc(COC)o1)C1CCCCO1. The van der Waals surface area contributed by atoms with E-state index in [-0.39, 0.29) is 12.1 Å². The van der Waals surface area contributed by atoms with Gasteiger partial charge in [0.25, 0.3) is 0 Å². The van der Waals surface area contributed by atoms with E-state index in [9.17, 15) is 0 Å². The van der Waals surface area contributed by atoms with Crippen LogP contribution < -0.4 is 5.32 Å². The zero-order valence-electron chi connectivity index (χ0n) is 10.6. The summed E-state index contributed by atoms with van der Waals surface area (Å²) < 4.78 is 16.6. The summed E-state index contributed by atoms with van der Waals surface area (Å²) in [6.45, 7) is 1.37. The van der Waals surface area contributed by atoms with Gasteiger partial charge in [-0.3, -0.25) is 0 Å². The highest BCUT2D eigenvalue weighted by molar-refractivity contribution is 5.12. The number of furan rings is 1. The minimum Gasteiger partial charge on any atom is -0.462 e. The van der Waals surface area contributed by atoms with Gasteiger partial charge in [0.05, 0.1) is 12.1 Å². The fraction of sp³-hybridized carbons (Fsp3) is 0.692. The maximum Gasteiger partial charge on any atom is 0.129 e. The molecule has 96 valence electrons. The number of nitrogens with one attached hydrogen (secondary N) is 1. The Kier molecular flexibility index (Phi) is 4.59. The third-order valence-corrected chi connectivity index (χ3v) is 3.17. The Morgan fingerprint density at radius 1 is 1.47 bits per heavy atom. The first-order chi connectivity index (χ1) is 8.35. The van der Waals surface area contributed by atoms with Crippen LogP contribution in [-0.2, 0) is 16.1 Å². The fourth-order valence-corrected chi connectivity index (χ4v) is 2.32. The van der Waals surface area contributed by atoms with Crippen molar-refractivity contribution in [3.05, 3.63) is 23.7 Å². The molecule has 1 fully saturated rings. The lowest BCUT2D eigenvalue weighted by Crippen LogP contribution is -2.33. The molecule has 1 aromatic heterocycles. The van der Waals surface area contributed by atoms with Crippen molar-refractivity contribution in [1.82, 2.24) is 5.32 Å². The minimum atomic E-state index is 0.140. The van der Waals surface area contributed by atoms with Crippen LogP contribution in [-0.4, -0.2) is 26.9 Å². The number of rotatable bonds is 5. The molecule has 2 unspecified atom stereocenters.